The minimum Gasteiger partial charge on any atom is -0.496 e. The number of carbonyl (C=O) groups excluding carboxylic acids is 1. The molecule has 0 aliphatic carbocycles. The van der Waals surface area contributed by atoms with Crippen LogP contribution < -0.4 is 15.6 Å². The Morgan fingerprint density at radius 3 is 2.78 bits per heavy atom. The smallest absolute Gasteiger partial charge is 0.254 e. The number of aromatic nitrogens is 2. The second-order valence-corrected chi connectivity index (χ2v) is 5.32. The highest BCUT2D eigenvalue weighted by atomic mass is 16.5. The van der Waals surface area contributed by atoms with E-state index in [4.69, 9.17) is 4.74 Å². The molecule has 1 heterocycles. The minimum absolute atomic E-state index is 0.0393. The van der Waals surface area contributed by atoms with Crippen LogP contribution in [-0.2, 0) is 11.3 Å². The Morgan fingerprint density at radius 2 is 2.13 bits per heavy atom. The first-order valence-electron chi connectivity index (χ1n) is 7.54. The van der Waals surface area contributed by atoms with Gasteiger partial charge in [-0.3, -0.25) is 14.2 Å². The number of hydrogen-bond acceptors (Lipinski definition) is 4. The summed E-state index contributed by atoms with van der Waals surface area (Å²) >= 11 is 0. The lowest BCUT2D eigenvalue weighted by Gasteiger charge is -2.12. The number of methoxy groups -OCH3 is 1. The first-order valence-corrected chi connectivity index (χ1v) is 7.54. The molecule has 0 radical (unpaired) electrons. The Bertz CT molecular complexity index is 740. The highest BCUT2D eigenvalue weighted by Crippen LogP contribution is 2.26. The molecule has 6 nitrogen and oxygen atoms in total. The van der Waals surface area contributed by atoms with Crippen molar-refractivity contribution < 1.29 is 9.53 Å². The lowest BCUT2D eigenvalue weighted by Crippen LogP contribution is -2.37. The van der Waals surface area contributed by atoms with Crippen LogP contribution in [0.2, 0.25) is 0 Å². The van der Waals surface area contributed by atoms with E-state index in [0.29, 0.717) is 11.4 Å². The fourth-order valence-electron chi connectivity index (χ4n) is 2.13. The molecule has 0 bridgehead atoms. The standard InChI is InChI=1S/C17H21N3O3/c1-4-12(2)19-16(21)10-20-11-18-14(9-17(20)22)13-7-5-6-8-15(13)23-3/h5-9,11-12H,4,10H2,1-3H3,(H,19,21). The SMILES string of the molecule is CCC(C)NC(=O)Cn1cnc(-c2ccccc2OC)cc1=O. The summed E-state index contributed by atoms with van der Waals surface area (Å²) in [5.41, 5.74) is 0.981. The van der Waals surface area contributed by atoms with Gasteiger partial charge in [-0.2, -0.15) is 0 Å². The Hall–Kier alpha value is -2.63. The van der Waals surface area contributed by atoms with Gasteiger partial charge in [0.2, 0.25) is 5.91 Å². The molecule has 1 aromatic heterocycles. The van der Waals surface area contributed by atoms with Gasteiger partial charge in [-0.25, -0.2) is 4.98 Å². The van der Waals surface area contributed by atoms with Crippen LogP contribution in [-0.4, -0.2) is 28.6 Å². The predicted molar refractivity (Wildman–Crippen MR) is 88.4 cm³/mol. The van der Waals surface area contributed by atoms with Gasteiger partial charge in [-0.1, -0.05) is 19.1 Å². The third kappa shape index (κ3) is 4.18. The van der Waals surface area contributed by atoms with Gasteiger partial charge < -0.3 is 10.1 Å². The normalized spacial score (nSPS) is 11.8. The summed E-state index contributed by atoms with van der Waals surface area (Å²) in [6.07, 6.45) is 2.23. The maximum Gasteiger partial charge on any atom is 0.254 e. The predicted octanol–water partition coefficient (Wildman–Crippen LogP) is 1.83. The number of para-hydroxylation sites is 1. The number of benzene rings is 1. The molecule has 1 aromatic carbocycles. The van der Waals surface area contributed by atoms with Crippen LogP contribution in [0.5, 0.6) is 5.75 Å². The lowest BCUT2D eigenvalue weighted by molar-refractivity contribution is -0.122. The summed E-state index contributed by atoms with van der Waals surface area (Å²) < 4.78 is 6.57. The van der Waals surface area contributed by atoms with Gasteiger partial charge in [0, 0.05) is 17.7 Å². The average Bonchev–Trinajstić information content (AvgIpc) is 2.56. The van der Waals surface area contributed by atoms with Gasteiger partial charge in [0.25, 0.3) is 5.56 Å². The number of nitrogens with zero attached hydrogens (tertiary/aromatic N) is 2. The van der Waals surface area contributed by atoms with Crippen LogP contribution in [0, 0.1) is 0 Å². The second kappa shape index (κ2) is 7.58. The second-order valence-electron chi connectivity index (χ2n) is 5.32. The molecule has 2 aromatic rings. The van der Waals surface area contributed by atoms with Crippen molar-refractivity contribution in [2.75, 3.05) is 7.11 Å². The number of carbonyl (C=O) groups is 1. The number of amides is 1. The van der Waals surface area contributed by atoms with Crippen molar-refractivity contribution in [2.24, 2.45) is 0 Å². The third-order valence-electron chi connectivity index (χ3n) is 3.60. The number of ether oxygens (including phenoxy) is 1. The molecule has 0 spiro atoms. The molecular formula is C17H21N3O3. The summed E-state index contributed by atoms with van der Waals surface area (Å²) in [5.74, 6) is 0.444. The summed E-state index contributed by atoms with van der Waals surface area (Å²) in [6.45, 7) is 3.87. The summed E-state index contributed by atoms with van der Waals surface area (Å²) in [4.78, 5) is 28.4. The summed E-state index contributed by atoms with van der Waals surface area (Å²) in [7, 11) is 1.57. The molecule has 122 valence electrons. The monoisotopic (exact) mass is 315 g/mol. The molecule has 2 rings (SSSR count). The molecule has 0 aliphatic heterocycles. The Labute approximate surface area is 135 Å². The van der Waals surface area contributed by atoms with E-state index in [1.807, 2.05) is 38.1 Å². The fourth-order valence-corrected chi connectivity index (χ4v) is 2.13. The largest absolute Gasteiger partial charge is 0.496 e. The van der Waals surface area contributed by atoms with Crippen LogP contribution >= 0.6 is 0 Å². The quantitative estimate of drug-likeness (QED) is 0.882. The van der Waals surface area contributed by atoms with Crippen molar-refractivity contribution in [1.29, 1.82) is 0 Å². The van der Waals surface area contributed by atoms with E-state index in [-0.39, 0.29) is 24.1 Å². The Balaban J connectivity index is 2.21. The van der Waals surface area contributed by atoms with Gasteiger partial charge >= 0.3 is 0 Å². The van der Waals surface area contributed by atoms with Gasteiger partial charge in [-0.05, 0) is 25.5 Å². The minimum atomic E-state index is -0.278. The van der Waals surface area contributed by atoms with Gasteiger partial charge in [-0.15, -0.1) is 0 Å². The molecule has 0 saturated heterocycles. The summed E-state index contributed by atoms with van der Waals surface area (Å²) in [6, 6.07) is 8.84. The van der Waals surface area contributed by atoms with Crippen LogP contribution in [0.3, 0.4) is 0 Å². The molecule has 23 heavy (non-hydrogen) atoms. The number of hydrogen-bond donors (Lipinski definition) is 1. The molecule has 0 aliphatic rings. The first kappa shape index (κ1) is 16.7. The zero-order valence-electron chi connectivity index (χ0n) is 13.6. The Kier molecular flexibility index (Phi) is 5.51. The van der Waals surface area contributed by atoms with E-state index in [1.54, 1.807) is 7.11 Å². The van der Waals surface area contributed by atoms with Crippen molar-refractivity contribution in [1.82, 2.24) is 14.9 Å². The fraction of sp³-hybridized carbons (Fsp3) is 0.353. The highest BCUT2D eigenvalue weighted by molar-refractivity contribution is 5.76. The zero-order valence-corrected chi connectivity index (χ0v) is 13.6. The van der Waals surface area contributed by atoms with Gasteiger partial charge in [0.1, 0.15) is 12.3 Å². The topological polar surface area (TPSA) is 73.2 Å². The van der Waals surface area contributed by atoms with E-state index >= 15 is 0 Å². The molecule has 0 fully saturated rings. The van der Waals surface area contributed by atoms with E-state index < -0.39 is 0 Å². The molecule has 1 unspecified atom stereocenters. The first-order chi connectivity index (χ1) is 11.0. The summed E-state index contributed by atoms with van der Waals surface area (Å²) in [5, 5.41) is 2.82. The van der Waals surface area contributed by atoms with E-state index in [9.17, 15) is 9.59 Å². The van der Waals surface area contributed by atoms with Crippen LogP contribution in [0.15, 0.2) is 41.5 Å². The van der Waals surface area contributed by atoms with Gasteiger partial charge in [0.05, 0.1) is 19.1 Å². The van der Waals surface area contributed by atoms with Crippen molar-refractivity contribution in [3.63, 3.8) is 0 Å². The van der Waals surface area contributed by atoms with Gasteiger partial charge in [0.15, 0.2) is 0 Å². The Morgan fingerprint density at radius 1 is 1.39 bits per heavy atom. The third-order valence-corrected chi connectivity index (χ3v) is 3.60. The van der Waals surface area contributed by atoms with Crippen molar-refractivity contribution in [3.05, 3.63) is 47.0 Å². The van der Waals surface area contributed by atoms with E-state index in [0.717, 1.165) is 12.0 Å². The number of rotatable bonds is 6. The molecule has 6 heteroatoms. The molecule has 1 amide bonds. The van der Waals surface area contributed by atoms with E-state index in [1.165, 1.54) is 17.0 Å². The average molecular weight is 315 g/mol. The van der Waals surface area contributed by atoms with Crippen LogP contribution in [0.4, 0.5) is 0 Å². The molecule has 0 saturated carbocycles. The van der Waals surface area contributed by atoms with E-state index in [2.05, 4.69) is 10.3 Å². The van der Waals surface area contributed by atoms with Crippen molar-refractivity contribution in [3.8, 4) is 17.0 Å². The molecule has 1 N–H and O–H groups in total. The number of nitrogens with one attached hydrogen (secondary N) is 1. The molecule has 1 atom stereocenters. The van der Waals surface area contributed by atoms with Crippen LogP contribution in [0.25, 0.3) is 11.3 Å². The highest BCUT2D eigenvalue weighted by Gasteiger charge is 2.11. The van der Waals surface area contributed by atoms with Crippen LogP contribution in [0.1, 0.15) is 20.3 Å². The zero-order chi connectivity index (χ0) is 16.8. The maximum atomic E-state index is 12.2. The maximum absolute atomic E-state index is 12.2. The van der Waals surface area contributed by atoms with Crippen molar-refractivity contribution >= 4 is 5.91 Å². The van der Waals surface area contributed by atoms with Crippen molar-refractivity contribution in [2.45, 2.75) is 32.9 Å². The molecular weight excluding hydrogens is 294 g/mol. The lowest BCUT2D eigenvalue weighted by atomic mass is 10.1.